The van der Waals surface area contributed by atoms with Crippen molar-refractivity contribution in [2.45, 2.75) is 20.8 Å². The van der Waals surface area contributed by atoms with E-state index in [0.717, 1.165) is 0 Å². The van der Waals surface area contributed by atoms with E-state index in [4.69, 9.17) is 0 Å². The second-order valence-electron chi connectivity index (χ2n) is 2.25. The molecule has 0 aromatic heterocycles. The van der Waals surface area contributed by atoms with E-state index in [2.05, 4.69) is 4.99 Å². The summed E-state index contributed by atoms with van der Waals surface area (Å²) in [5.41, 5.74) is 0.277. The lowest BCUT2D eigenvalue weighted by Gasteiger charge is -2.18. The number of nitrogens with zero attached hydrogens (tertiary/aromatic N) is 2. The molecule has 1 aliphatic heterocycles. The van der Waals surface area contributed by atoms with Gasteiger partial charge in [0.15, 0.2) is 0 Å². The van der Waals surface area contributed by atoms with Gasteiger partial charge in [0.2, 0.25) is 0 Å². The van der Waals surface area contributed by atoms with Crippen LogP contribution in [0.5, 0.6) is 0 Å². The highest BCUT2D eigenvalue weighted by Gasteiger charge is 2.20. The highest BCUT2D eigenvalue weighted by molar-refractivity contribution is 6.40. The summed E-state index contributed by atoms with van der Waals surface area (Å²) in [6.45, 7) is 5.64. The van der Waals surface area contributed by atoms with Gasteiger partial charge >= 0.3 is 0 Å². The number of carbonyl (C=O) groups excluding carboxylic acids is 2. The zero-order chi connectivity index (χ0) is 9.72. The van der Waals surface area contributed by atoms with Gasteiger partial charge in [0.25, 0.3) is 11.8 Å². The molecule has 1 rings (SSSR count). The normalized spacial score (nSPS) is 16.7. The average Bonchev–Trinajstić information content (AvgIpc) is 2.04. The van der Waals surface area contributed by atoms with Crippen molar-refractivity contribution in [3.8, 4) is 0 Å². The van der Waals surface area contributed by atoms with Gasteiger partial charge in [-0.2, -0.15) is 0 Å². The zero-order valence-electron chi connectivity index (χ0n) is 7.92. The van der Waals surface area contributed by atoms with Crippen LogP contribution in [0.25, 0.3) is 0 Å². The van der Waals surface area contributed by atoms with E-state index in [-0.39, 0.29) is 24.1 Å². The lowest BCUT2D eigenvalue weighted by atomic mass is 10.3. The van der Waals surface area contributed by atoms with Crippen molar-refractivity contribution < 1.29 is 9.59 Å². The van der Waals surface area contributed by atoms with E-state index >= 15 is 0 Å². The maximum Gasteiger partial charge on any atom is 0.268 e. The molecule has 0 fully saturated rings. The van der Waals surface area contributed by atoms with Crippen molar-refractivity contribution in [1.29, 1.82) is 0 Å². The quantitative estimate of drug-likeness (QED) is 0.530. The molecule has 0 atom stereocenters. The molecule has 1 heterocycles. The van der Waals surface area contributed by atoms with E-state index in [1.54, 1.807) is 7.05 Å². The molecule has 1 aliphatic rings. The molecule has 0 radical (unpaired) electrons. The van der Waals surface area contributed by atoms with Crippen molar-refractivity contribution in [1.82, 2.24) is 4.90 Å². The third-order valence-corrected chi connectivity index (χ3v) is 1.32. The Hall–Kier alpha value is -1.19. The van der Waals surface area contributed by atoms with Crippen molar-refractivity contribution >= 4 is 17.5 Å². The minimum absolute atomic E-state index is 0.107. The Labute approximate surface area is 72.3 Å². The predicted octanol–water partition coefficient (Wildman–Crippen LogP) is 0.472. The van der Waals surface area contributed by atoms with E-state index in [9.17, 15) is 9.59 Å². The van der Waals surface area contributed by atoms with E-state index < -0.39 is 0 Å². The van der Waals surface area contributed by atoms with Crippen LogP contribution < -0.4 is 0 Å². The molecule has 4 nitrogen and oxygen atoms in total. The first-order chi connectivity index (χ1) is 5.61. The van der Waals surface area contributed by atoms with Crippen LogP contribution in [0.15, 0.2) is 4.99 Å². The molecular weight excluding hydrogens is 156 g/mol. The Balaban J connectivity index is 0.000000561. The molecule has 2 amide bonds. The summed E-state index contributed by atoms with van der Waals surface area (Å²) in [5.74, 6) is -0.417. The lowest BCUT2D eigenvalue weighted by Crippen LogP contribution is -2.40. The molecule has 0 aromatic rings. The fourth-order valence-corrected chi connectivity index (χ4v) is 0.821. The van der Waals surface area contributed by atoms with Gasteiger partial charge in [0.1, 0.15) is 12.3 Å². The fourth-order valence-electron chi connectivity index (χ4n) is 0.821. The lowest BCUT2D eigenvalue weighted by molar-refractivity contribution is -0.130. The molecule has 4 heteroatoms. The predicted molar refractivity (Wildman–Crippen MR) is 47.1 cm³/mol. The molecule has 0 unspecified atom stereocenters. The third kappa shape index (κ3) is 2.45. The molecule has 0 aliphatic carbocycles. The SMILES string of the molecule is CC.CC1=NC(=O)CN(C)C1=O. The summed E-state index contributed by atoms with van der Waals surface area (Å²) < 4.78 is 0. The molecule has 0 N–H and O–H groups in total. The number of carbonyl (C=O) groups is 2. The number of aliphatic imine (C=N–C) groups is 1. The van der Waals surface area contributed by atoms with E-state index in [1.165, 1.54) is 11.8 Å². The summed E-state index contributed by atoms with van der Waals surface area (Å²) in [6.07, 6.45) is 0. The Morgan fingerprint density at radius 2 is 1.83 bits per heavy atom. The van der Waals surface area contributed by atoms with Crippen molar-refractivity contribution in [2.24, 2.45) is 4.99 Å². The van der Waals surface area contributed by atoms with E-state index in [0.29, 0.717) is 0 Å². The van der Waals surface area contributed by atoms with Crippen molar-refractivity contribution in [3.63, 3.8) is 0 Å². The van der Waals surface area contributed by atoms with Crippen LogP contribution in [-0.4, -0.2) is 36.0 Å². The molecule has 0 aromatic carbocycles. The van der Waals surface area contributed by atoms with Gasteiger partial charge in [0.05, 0.1) is 0 Å². The van der Waals surface area contributed by atoms with Gasteiger partial charge in [-0.3, -0.25) is 9.59 Å². The van der Waals surface area contributed by atoms with Crippen LogP contribution in [0.1, 0.15) is 20.8 Å². The molecule has 68 valence electrons. The Morgan fingerprint density at radius 3 is 2.25 bits per heavy atom. The summed E-state index contributed by atoms with van der Waals surface area (Å²) in [4.78, 5) is 26.4. The van der Waals surface area contributed by atoms with Crippen LogP contribution in [0, 0.1) is 0 Å². The Morgan fingerprint density at radius 1 is 1.33 bits per heavy atom. The number of hydrogen-bond donors (Lipinski definition) is 0. The molecule has 0 spiro atoms. The standard InChI is InChI=1S/C6H8N2O2.C2H6/c1-4-6(10)8(2)3-5(9)7-4;1-2/h3H2,1-2H3;1-2H3. The number of hydrogen-bond acceptors (Lipinski definition) is 2. The fraction of sp³-hybridized carbons (Fsp3) is 0.625. The second kappa shape index (κ2) is 4.64. The van der Waals surface area contributed by atoms with Gasteiger partial charge in [0, 0.05) is 7.05 Å². The Bertz CT molecular complexity index is 221. The van der Waals surface area contributed by atoms with Crippen LogP contribution in [0.3, 0.4) is 0 Å². The molecule has 0 saturated carbocycles. The summed E-state index contributed by atoms with van der Waals surface area (Å²) in [6, 6.07) is 0. The largest absolute Gasteiger partial charge is 0.331 e. The highest BCUT2D eigenvalue weighted by Crippen LogP contribution is 1.97. The minimum Gasteiger partial charge on any atom is -0.331 e. The number of amides is 2. The highest BCUT2D eigenvalue weighted by atomic mass is 16.2. The van der Waals surface area contributed by atoms with Crippen LogP contribution in [0.4, 0.5) is 0 Å². The van der Waals surface area contributed by atoms with Gasteiger partial charge < -0.3 is 4.90 Å². The third-order valence-electron chi connectivity index (χ3n) is 1.32. The van der Waals surface area contributed by atoms with Crippen molar-refractivity contribution in [3.05, 3.63) is 0 Å². The summed E-state index contributed by atoms with van der Waals surface area (Å²) >= 11 is 0. The maximum atomic E-state index is 10.9. The smallest absolute Gasteiger partial charge is 0.268 e. The Kier molecular flexibility index (Phi) is 4.18. The van der Waals surface area contributed by atoms with Crippen LogP contribution >= 0.6 is 0 Å². The van der Waals surface area contributed by atoms with Crippen LogP contribution in [-0.2, 0) is 9.59 Å². The van der Waals surface area contributed by atoms with E-state index in [1.807, 2.05) is 13.8 Å². The molecule has 12 heavy (non-hydrogen) atoms. The van der Waals surface area contributed by atoms with Gasteiger partial charge in [-0.15, -0.1) is 0 Å². The molecule has 0 saturated heterocycles. The van der Waals surface area contributed by atoms with Gasteiger partial charge in [-0.05, 0) is 6.92 Å². The second-order valence-corrected chi connectivity index (χ2v) is 2.25. The maximum absolute atomic E-state index is 10.9. The minimum atomic E-state index is -0.250. The monoisotopic (exact) mass is 170 g/mol. The summed E-state index contributed by atoms with van der Waals surface area (Å²) in [5, 5.41) is 0. The first kappa shape index (κ1) is 10.8. The van der Waals surface area contributed by atoms with Gasteiger partial charge in [-0.1, -0.05) is 13.8 Å². The molecular formula is C8H14N2O2. The first-order valence-electron chi connectivity index (χ1n) is 3.95. The summed E-state index contributed by atoms with van der Waals surface area (Å²) in [7, 11) is 1.58. The number of rotatable bonds is 0. The average molecular weight is 170 g/mol. The number of likely N-dealkylation sites (N-methyl/N-ethyl adjacent to an activating group) is 1. The molecule has 0 bridgehead atoms. The van der Waals surface area contributed by atoms with Crippen molar-refractivity contribution in [2.75, 3.05) is 13.6 Å². The van der Waals surface area contributed by atoms with Crippen LogP contribution in [0.2, 0.25) is 0 Å². The topological polar surface area (TPSA) is 49.7 Å². The van der Waals surface area contributed by atoms with Gasteiger partial charge in [-0.25, -0.2) is 4.99 Å². The zero-order valence-corrected chi connectivity index (χ0v) is 7.92. The first-order valence-corrected chi connectivity index (χ1v) is 3.95.